The smallest absolute Gasteiger partial charge is 0.246 e. The Kier molecular flexibility index (Phi) is 6.96. The van der Waals surface area contributed by atoms with Crippen molar-refractivity contribution in [3.63, 3.8) is 0 Å². The van der Waals surface area contributed by atoms with Gasteiger partial charge in [0.2, 0.25) is 10.0 Å². The Hall–Kier alpha value is -2.16. The Morgan fingerprint density at radius 1 is 1.15 bits per heavy atom. The van der Waals surface area contributed by atoms with Crippen molar-refractivity contribution in [2.45, 2.75) is 11.3 Å². The number of nitrogens with one attached hydrogen (secondary N) is 2. The number of benzene rings is 2. The van der Waals surface area contributed by atoms with Crippen molar-refractivity contribution in [2.75, 3.05) is 33.1 Å². The van der Waals surface area contributed by atoms with E-state index in [0.717, 1.165) is 10.7 Å². The van der Waals surface area contributed by atoms with Crippen LogP contribution in [0.15, 0.2) is 53.4 Å². The third kappa shape index (κ3) is 5.17. The Labute approximate surface area is 160 Å². The number of sulfonamides is 1. The average molecular weight is 394 g/mol. The maximum absolute atomic E-state index is 12.4. The molecule has 2 rings (SSSR count). The van der Waals surface area contributed by atoms with Crippen LogP contribution < -0.4 is 15.4 Å². The second-order valence-electron chi connectivity index (χ2n) is 5.77. The van der Waals surface area contributed by atoms with Crippen molar-refractivity contribution < 1.29 is 13.2 Å². The molecular formula is C18H23N3O3S2. The Morgan fingerprint density at radius 2 is 1.85 bits per heavy atom. The lowest BCUT2D eigenvalue weighted by molar-refractivity contribution is 0.400. The summed E-state index contributed by atoms with van der Waals surface area (Å²) in [5.74, 6) is 0.284. The van der Waals surface area contributed by atoms with Crippen molar-refractivity contribution in [3.05, 3.63) is 54.1 Å². The van der Waals surface area contributed by atoms with Crippen LogP contribution >= 0.6 is 12.2 Å². The van der Waals surface area contributed by atoms with Gasteiger partial charge in [-0.25, -0.2) is 12.7 Å². The summed E-state index contributed by atoms with van der Waals surface area (Å²) < 4.78 is 31.2. The third-order valence-corrected chi connectivity index (χ3v) is 5.80. The zero-order valence-electron chi connectivity index (χ0n) is 15.0. The van der Waals surface area contributed by atoms with Crippen LogP contribution in [0, 0.1) is 0 Å². The molecule has 0 heterocycles. The summed E-state index contributed by atoms with van der Waals surface area (Å²) in [5, 5.41) is 6.56. The highest BCUT2D eigenvalue weighted by Crippen LogP contribution is 2.28. The number of anilines is 1. The number of hydrogen-bond acceptors (Lipinski definition) is 4. The zero-order chi connectivity index (χ0) is 19.2. The summed E-state index contributed by atoms with van der Waals surface area (Å²) in [7, 11) is 0.765. The van der Waals surface area contributed by atoms with Crippen molar-refractivity contribution in [3.8, 4) is 5.75 Å². The normalized spacial score (nSPS) is 11.2. The number of nitrogens with zero attached hydrogens (tertiary/aromatic N) is 1. The van der Waals surface area contributed by atoms with E-state index in [1.165, 1.54) is 32.8 Å². The average Bonchev–Trinajstić information content (AvgIpc) is 2.62. The molecule has 6 nitrogen and oxygen atoms in total. The first kappa shape index (κ1) is 20.2. The van der Waals surface area contributed by atoms with Gasteiger partial charge in [0.05, 0.1) is 7.11 Å². The summed E-state index contributed by atoms with van der Waals surface area (Å²) in [6.45, 7) is 0.675. The van der Waals surface area contributed by atoms with Crippen LogP contribution in [0.2, 0.25) is 0 Å². The molecule has 0 amide bonds. The molecule has 0 atom stereocenters. The van der Waals surface area contributed by atoms with Crippen molar-refractivity contribution in [1.82, 2.24) is 9.62 Å². The van der Waals surface area contributed by atoms with Gasteiger partial charge in [-0.2, -0.15) is 0 Å². The molecule has 0 saturated heterocycles. The van der Waals surface area contributed by atoms with Gasteiger partial charge in [-0.3, -0.25) is 0 Å². The molecule has 26 heavy (non-hydrogen) atoms. The molecule has 0 saturated carbocycles. The molecule has 2 aromatic rings. The topological polar surface area (TPSA) is 70.7 Å². The van der Waals surface area contributed by atoms with Crippen LogP contribution in [-0.4, -0.2) is 45.6 Å². The lowest BCUT2D eigenvalue weighted by Gasteiger charge is -2.16. The van der Waals surface area contributed by atoms with E-state index in [2.05, 4.69) is 22.8 Å². The minimum absolute atomic E-state index is 0.0853. The summed E-state index contributed by atoms with van der Waals surface area (Å²) in [4.78, 5) is 0.0853. The van der Waals surface area contributed by atoms with E-state index < -0.39 is 10.0 Å². The molecule has 0 spiro atoms. The molecule has 0 aliphatic carbocycles. The standard InChI is InChI=1S/C18H23N3O3S2/c1-21(2)26(22,23)17-13-15(9-10-16(17)24-3)20-18(25)19-12-11-14-7-5-4-6-8-14/h4-10,13H,11-12H2,1-3H3,(H2,19,20,25). The highest BCUT2D eigenvalue weighted by atomic mass is 32.2. The molecule has 8 heteroatoms. The van der Waals surface area contributed by atoms with E-state index in [4.69, 9.17) is 17.0 Å². The van der Waals surface area contributed by atoms with Crippen molar-refractivity contribution in [2.24, 2.45) is 0 Å². The Morgan fingerprint density at radius 3 is 2.46 bits per heavy atom. The minimum atomic E-state index is -3.63. The highest BCUT2D eigenvalue weighted by molar-refractivity contribution is 7.89. The summed E-state index contributed by atoms with van der Waals surface area (Å²) in [6.07, 6.45) is 0.839. The SMILES string of the molecule is COc1ccc(NC(=S)NCCc2ccccc2)cc1S(=O)(=O)N(C)C. The van der Waals surface area contributed by atoms with E-state index in [1.54, 1.807) is 12.1 Å². The molecule has 140 valence electrons. The predicted octanol–water partition coefficient (Wildman–Crippen LogP) is 2.47. The van der Waals surface area contributed by atoms with E-state index in [0.29, 0.717) is 17.3 Å². The van der Waals surface area contributed by atoms with E-state index in [1.807, 2.05) is 18.2 Å². The first-order valence-corrected chi connectivity index (χ1v) is 9.89. The van der Waals surface area contributed by atoms with Gasteiger partial charge < -0.3 is 15.4 Å². The fourth-order valence-corrected chi connectivity index (χ4v) is 3.59. The molecule has 2 aromatic carbocycles. The van der Waals surface area contributed by atoms with Gasteiger partial charge in [0.15, 0.2) is 5.11 Å². The molecule has 2 N–H and O–H groups in total. The minimum Gasteiger partial charge on any atom is -0.495 e. The number of methoxy groups -OCH3 is 1. The van der Waals surface area contributed by atoms with Crippen LogP contribution in [0.5, 0.6) is 5.75 Å². The Bertz CT molecular complexity index is 853. The Balaban J connectivity index is 2.04. The van der Waals surface area contributed by atoms with Gasteiger partial charge in [-0.05, 0) is 42.4 Å². The lowest BCUT2D eigenvalue weighted by atomic mass is 10.1. The number of ether oxygens (including phenoxy) is 1. The first-order chi connectivity index (χ1) is 12.3. The van der Waals surface area contributed by atoms with Crippen molar-refractivity contribution in [1.29, 1.82) is 0 Å². The fraction of sp³-hybridized carbons (Fsp3) is 0.278. The second-order valence-corrected chi connectivity index (χ2v) is 8.30. The maximum Gasteiger partial charge on any atom is 0.246 e. The molecular weight excluding hydrogens is 370 g/mol. The zero-order valence-corrected chi connectivity index (χ0v) is 16.7. The van der Waals surface area contributed by atoms with Gasteiger partial charge in [-0.1, -0.05) is 30.3 Å². The lowest BCUT2D eigenvalue weighted by Crippen LogP contribution is -2.30. The third-order valence-electron chi connectivity index (χ3n) is 3.72. The van der Waals surface area contributed by atoms with Crippen LogP contribution in [-0.2, 0) is 16.4 Å². The molecule has 0 aliphatic heterocycles. The number of rotatable bonds is 7. The molecule has 0 aliphatic rings. The van der Waals surface area contributed by atoms with Crippen molar-refractivity contribution >= 4 is 33.0 Å². The van der Waals surface area contributed by atoms with Gasteiger partial charge in [0.25, 0.3) is 0 Å². The van der Waals surface area contributed by atoms with E-state index >= 15 is 0 Å². The van der Waals surface area contributed by atoms with Crippen LogP contribution in [0.25, 0.3) is 0 Å². The van der Waals surface area contributed by atoms with Gasteiger partial charge in [-0.15, -0.1) is 0 Å². The number of thiocarbonyl (C=S) groups is 1. The largest absolute Gasteiger partial charge is 0.495 e. The van der Waals surface area contributed by atoms with E-state index in [-0.39, 0.29) is 10.6 Å². The summed E-state index contributed by atoms with van der Waals surface area (Å²) >= 11 is 5.29. The molecule has 0 aromatic heterocycles. The predicted molar refractivity (Wildman–Crippen MR) is 108 cm³/mol. The first-order valence-electron chi connectivity index (χ1n) is 8.04. The molecule has 0 fully saturated rings. The second kappa shape index (κ2) is 8.98. The van der Waals surface area contributed by atoms with Gasteiger partial charge >= 0.3 is 0 Å². The van der Waals surface area contributed by atoms with E-state index in [9.17, 15) is 8.42 Å². The number of hydrogen-bond donors (Lipinski definition) is 2. The monoisotopic (exact) mass is 393 g/mol. The van der Waals surface area contributed by atoms with Gasteiger partial charge in [0.1, 0.15) is 10.6 Å². The van der Waals surface area contributed by atoms with Gasteiger partial charge in [0, 0.05) is 26.3 Å². The fourth-order valence-electron chi connectivity index (χ4n) is 2.29. The van der Waals surface area contributed by atoms with Crippen LogP contribution in [0.3, 0.4) is 0 Å². The highest BCUT2D eigenvalue weighted by Gasteiger charge is 2.22. The summed E-state index contributed by atoms with van der Waals surface area (Å²) in [6, 6.07) is 14.9. The molecule has 0 bridgehead atoms. The molecule has 0 unspecified atom stereocenters. The molecule has 0 radical (unpaired) electrons. The summed E-state index contributed by atoms with van der Waals surface area (Å²) in [5.41, 5.74) is 1.79. The quantitative estimate of drug-likeness (QED) is 0.705. The van der Waals surface area contributed by atoms with Crippen LogP contribution in [0.1, 0.15) is 5.56 Å². The van der Waals surface area contributed by atoms with Crippen LogP contribution in [0.4, 0.5) is 5.69 Å². The maximum atomic E-state index is 12.4.